The molecule has 19 heavy (non-hydrogen) atoms. The molecule has 0 unspecified atom stereocenters. The highest BCUT2D eigenvalue weighted by Crippen LogP contribution is 2.19. The molecule has 0 radical (unpaired) electrons. The first-order chi connectivity index (χ1) is 9.33. The maximum absolute atomic E-state index is 12.1. The minimum absolute atomic E-state index is 0.118. The van der Waals surface area contributed by atoms with Crippen molar-refractivity contribution in [2.75, 3.05) is 0 Å². The maximum atomic E-state index is 12.1. The molecule has 4 aromatic rings. The van der Waals surface area contributed by atoms with E-state index in [9.17, 15) is 4.79 Å². The van der Waals surface area contributed by atoms with Crippen LogP contribution in [0.15, 0.2) is 59.5 Å². The molecule has 4 rings (SSSR count). The second kappa shape index (κ2) is 3.62. The molecular weight excluding hydrogens is 238 g/mol. The zero-order valence-corrected chi connectivity index (χ0v) is 10.1. The van der Waals surface area contributed by atoms with E-state index < -0.39 is 0 Å². The molecule has 0 saturated heterocycles. The lowest BCUT2D eigenvalue weighted by Gasteiger charge is -2.03. The van der Waals surface area contributed by atoms with Crippen LogP contribution in [0.25, 0.3) is 27.6 Å². The van der Waals surface area contributed by atoms with Crippen molar-refractivity contribution in [2.45, 2.75) is 0 Å². The first kappa shape index (κ1) is 10.2. The molecule has 4 heteroatoms. The summed E-state index contributed by atoms with van der Waals surface area (Å²) in [5.74, 6) is 0. The lowest BCUT2D eigenvalue weighted by molar-refractivity contribution is 1.02. The highest BCUT2D eigenvalue weighted by atomic mass is 16.1. The second-order valence-corrected chi connectivity index (χ2v) is 4.53. The van der Waals surface area contributed by atoms with Crippen molar-refractivity contribution in [3.8, 4) is 5.69 Å². The summed E-state index contributed by atoms with van der Waals surface area (Å²) in [7, 11) is 0. The van der Waals surface area contributed by atoms with Gasteiger partial charge in [-0.1, -0.05) is 18.2 Å². The van der Waals surface area contributed by atoms with Gasteiger partial charge >= 0.3 is 5.69 Å². The van der Waals surface area contributed by atoms with E-state index in [0.29, 0.717) is 0 Å². The van der Waals surface area contributed by atoms with E-state index in [1.54, 1.807) is 4.57 Å². The van der Waals surface area contributed by atoms with Gasteiger partial charge in [0, 0.05) is 11.7 Å². The topological polar surface area (TPSA) is 53.6 Å². The largest absolute Gasteiger partial charge is 0.361 e. The molecule has 2 aromatic carbocycles. The molecule has 0 aliphatic rings. The van der Waals surface area contributed by atoms with Gasteiger partial charge in [0.2, 0.25) is 0 Å². The highest BCUT2D eigenvalue weighted by molar-refractivity contribution is 5.83. The van der Waals surface area contributed by atoms with Crippen molar-refractivity contribution >= 4 is 21.9 Å². The fraction of sp³-hybridized carbons (Fsp3) is 0. The highest BCUT2D eigenvalue weighted by Gasteiger charge is 2.08. The molecule has 0 atom stereocenters. The molecule has 0 aliphatic carbocycles. The number of hydrogen-bond acceptors (Lipinski definition) is 1. The van der Waals surface area contributed by atoms with Gasteiger partial charge in [-0.05, 0) is 35.7 Å². The molecule has 2 heterocycles. The van der Waals surface area contributed by atoms with Crippen LogP contribution in [0.5, 0.6) is 0 Å². The molecule has 4 nitrogen and oxygen atoms in total. The summed E-state index contributed by atoms with van der Waals surface area (Å²) in [6.45, 7) is 0. The molecule has 0 saturated carbocycles. The van der Waals surface area contributed by atoms with Gasteiger partial charge in [0.15, 0.2) is 0 Å². The van der Waals surface area contributed by atoms with Gasteiger partial charge in [-0.3, -0.25) is 4.57 Å². The Morgan fingerprint density at radius 1 is 0.947 bits per heavy atom. The van der Waals surface area contributed by atoms with Gasteiger partial charge in [-0.15, -0.1) is 0 Å². The fourth-order valence-electron chi connectivity index (χ4n) is 2.49. The SMILES string of the molecule is O=c1[nH]c2ccccc2n1-c1ccc2cc[nH]c2c1. The Kier molecular flexibility index (Phi) is 1.94. The van der Waals surface area contributed by atoms with E-state index in [2.05, 4.69) is 9.97 Å². The van der Waals surface area contributed by atoms with Crippen molar-refractivity contribution < 1.29 is 0 Å². The van der Waals surface area contributed by atoms with Gasteiger partial charge in [-0.25, -0.2) is 4.79 Å². The van der Waals surface area contributed by atoms with E-state index in [4.69, 9.17) is 0 Å². The van der Waals surface area contributed by atoms with Crippen LogP contribution in [-0.2, 0) is 0 Å². The van der Waals surface area contributed by atoms with Crippen molar-refractivity contribution in [1.82, 2.24) is 14.5 Å². The Balaban J connectivity index is 2.08. The summed E-state index contributed by atoms with van der Waals surface area (Å²) in [6.07, 6.45) is 1.90. The number of benzene rings is 2. The Morgan fingerprint density at radius 2 is 1.84 bits per heavy atom. The number of aromatic amines is 2. The number of nitrogens with zero attached hydrogens (tertiary/aromatic N) is 1. The zero-order chi connectivity index (χ0) is 12.8. The Bertz CT molecular complexity index is 943. The van der Waals surface area contributed by atoms with Crippen molar-refractivity contribution in [1.29, 1.82) is 0 Å². The summed E-state index contributed by atoms with van der Waals surface area (Å²) >= 11 is 0. The monoisotopic (exact) mass is 249 g/mol. The third kappa shape index (κ3) is 1.43. The molecule has 2 N–H and O–H groups in total. The normalized spacial score (nSPS) is 11.4. The summed E-state index contributed by atoms with van der Waals surface area (Å²) in [6, 6.07) is 15.6. The minimum Gasteiger partial charge on any atom is -0.361 e. The Morgan fingerprint density at radius 3 is 2.79 bits per heavy atom. The lowest BCUT2D eigenvalue weighted by atomic mass is 10.2. The number of rotatable bonds is 1. The smallest absolute Gasteiger partial charge is 0.331 e. The van der Waals surface area contributed by atoms with E-state index in [-0.39, 0.29) is 5.69 Å². The van der Waals surface area contributed by atoms with E-state index in [1.807, 2.05) is 54.7 Å². The number of hydrogen-bond donors (Lipinski definition) is 2. The van der Waals surface area contributed by atoms with Crippen LogP contribution in [-0.4, -0.2) is 14.5 Å². The van der Waals surface area contributed by atoms with Crippen LogP contribution >= 0.6 is 0 Å². The van der Waals surface area contributed by atoms with Crippen LogP contribution in [0, 0.1) is 0 Å². The van der Waals surface area contributed by atoms with Crippen LogP contribution in [0.1, 0.15) is 0 Å². The third-order valence-electron chi connectivity index (χ3n) is 3.39. The number of fused-ring (bicyclic) bond motifs is 2. The molecule has 2 aromatic heterocycles. The number of nitrogens with one attached hydrogen (secondary N) is 2. The van der Waals surface area contributed by atoms with E-state index in [0.717, 1.165) is 27.6 Å². The first-order valence-electron chi connectivity index (χ1n) is 6.10. The second-order valence-electron chi connectivity index (χ2n) is 4.53. The molecule has 0 amide bonds. The molecule has 0 bridgehead atoms. The van der Waals surface area contributed by atoms with Crippen LogP contribution < -0.4 is 5.69 Å². The standard InChI is InChI=1S/C15H11N3O/c19-15-17-12-3-1-2-4-14(12)18(15)11-6-5-10-7-8-16-13(10)9-11/h1-9,16H,(H,17,19). The first-order valence-corrected chi connectivity index (χ1v) is 6.10. The molecule has 0 fully saturated rings. The predicted octanol–water partition coefficient (Wildman–Crippen LogP) is 2.80. The third-order valence-corrected chi connectivity index (χ3v) is 3.39. The van der Waals surface area contributed by atoms with Gasteiger partial charge < -0.3 is 9.97 Å². The average molecular weight is 249 g/mol. The van der Waals surface area contributed by atoms with Gasteiger partial charge in [0.05, 0.1) is 16.7 Å². The molecule has 0 aliphatic heterocycles. The quantitative estimate of drug-likeness (QED) is 0.535. The summed E-state index contributed by atoms with van der Waals surface area (Å²) in [5.41, 5.74) is 3.50. The van der Waals surface area contributed by atoms with Crippen LogP contribution in [0.3, 0.4) is 0 Å². The van der Waals surface area contributed by atoms with Gasteiger partial charge in [-0.2, -0.15) is 0 Å². The number of imidazole rings is 1. The van der Waals surface area contributed by atoms with Crippen molar-refractivity contribution in [2.24, 2.45) is 0 Å². The summed E-state index contributed by atoms with van der Waals surface area (Å²) < 4.78 is 1.69. The minimum atomic E-state index is -0.118. The number of para-hydroxylation sites is 2. The van der Waals surface area contributed by atoms with Gasteiger partial charge in [0.1, 0.15) is 0 Å². The van der Waals surface area contributed by atoms with Crippen molar-refractivity contribution in [3.63, 3.8) is 0 Å². The number of aromatic nitrogens is 3. The molecule has 0 spiro atoms. The Labute approximate surface area is 108 Å². The average Bonchev–Trinajstić information content (AvgIpc) is 3.00. The molecule has 92 valence electrons. The van der Waals surface area contributed by atoms with Gasteiger partial charge in [0.25, 0.3) is 0 Å². The fourth-order valence-corrected chi connectivity index (χ4v) is 2.49. The van der Waals surface area contributed by atoms with Crippen LogP contribution in [0.4, 0.5) is 0 Å². The Hall–Kier alpha value is -2.75. The van der Waals surface area contributed by atoms with Crippen molar-refractivity contribution in [3.05, 3.63) is 65.2 Å². The summed E-state index contributed by atoms with van der Waals surface area (Å²) in [4.78, 5) is 18.1. The lowest BCUT2D eigenvalue weighted by Crippen LogP contribution is -2.14. The summed E-state index contributed by atoms with van der Waals surface area (Å²) in [5, 5.41) is 1.14. The van der Waals surface area contributed by atoms with Crippen LogP contribution in [0.2, 0.25) is 0 Å². The van der Waals surface area contributed by atoms with E-state index >= 15 is 0 Å². The molecular formula is C15H11N3O. The maximum Gasteiger partial charge on any atom is 0.331 e. The zero-order valence-electron chi connectivity index (χ0n) is 10.1. The number of H-pyrrole nitrogens is 2. The van der Waals surface area contributed by atoms with E-state index in [1.165, 1.54) is 0 Å². The predicted molar refractivity (Wildman–Crippen MR) is 75.8 cm³/mol.